The first-order valence-corrected chi connectivity index (χ1v) is 4.63. The Kier molecular flexibility index (Phi) is 933000. The minimum atomic E-state index is -0.125. The Morgan fingerprint density at radius 1 is 0.333 bits per heavy atom. The summed E-state index contributed by atoms with van der Waals surface area (Å²) in [4.78, 5) is 0. The lowest BCUT2D eigenvalue weighted by Crippen LogP contribution is -1.85. The lowest BCUT2D eigenvalue weighted by atomic mass is 10.8. The summed E-state index contributed by atoms with van der Waals surface area (Å²) in [5, 5.41) is 15.2. The van der Waals surface area contributed by atoms with Crippen LogP contribution >= 0.6 is 0 Å². The Balaban J connectivity index is -0.0000000109. The fourth-order valence-corrected chi connectivity index (χ4v) is 0. The van der Waals surface area contributed by atoms with E-state index in [4.69, 9.17) is 10.2 Å². The second-order valence-electron chi connectivity index (χ2n) is 0.447. The largest absolute Gasteiger partial charge is 0.394 e. The summed E-state index contributed by atoms with van der Waals surface area (Å²) in [5.41, 5.74) is 0. The third kappa shape index (κ3) is 2990. The molecule has 0 spiro atoms. The van der Waals surface area contributed by atoms with E-state index < -0.39 is 0 Å². The fraction of sp³-hybridized carbons (Fsp3) is 0.125. The maximum atomic E-state index is 7.62. The molecule has 0 atom stereocenters. The first kappa shape index (κ1) is 56.0. The molecule has 2 nitrogen and oxygen atoms in total. The standard InChI is InChI=1S/C2H6O2.7C2H4/c3-1-2-4;7*1-2/h3-4H,1-2H2;7*1-2H2. The van der Waals surface area contributed by atoms with Gasteiger partial charge in [0.05, 0.1) is 13.2 Å². The summed E-state index contributed by atoms with van der Waals surface area (Å²) < 4.78 is 0. The van der Waals surface area contributed by atoms with Gasteiger partial charge in [0.25, 0.3) is 0 Å². The van der Waals surface area contributed by atoms with Gasteiger partial charge in [-0.3, -0.25) is 0 Å². The normalized spacial score (nSPS) is 3.22. The Hall–Kier alpha value is -1.90. The predicted molar refractivity (Wildman–Crippen MR) is 92.9 cm³/mol. The summed E-state index contributed by atoms with van der Waals surface area (Å²) in [6.07, 6.45) is 0. The SMILES string of the molecule is C=C.C=C.C=C.C=C.C=C.C=C.C=C.OCCO. The number of aliphatic hydroxyl groups is 2. The van der Waals surface area contributed by atoms with Gasteiger partial charge in [-0.15, -0.1) is 92.1 Å². The topological polar surface area (TPSA) is 40.5 Å². The van der Waals surface area contributed by atoms with Crippen LogP contribution in [0.3, 0.4) is 0 Å². The van der Waals surface area contributed by atoms with Gasteiger partial charge in [-0.1, -0.05) is 0 Å². The molecule has 0 bridgehead atoms. The number of hydrogen-bond acceptors (Lipinski definition) is 2. The van der Waals surface area contributed by atoms with E-state index in [1.165, 1.54) is 0 Å². The van der Waals surface area contributed by atoms with Gasteiger partial charge in [0.1, 0.15) is 0 Å². The van der Waals surface area contributed by atoms with Crippen molar-refractivity contribution in [2.75, 3.05) is 13.2 Å². The highest BCUT2D eigenvalue weighted by Crippen LogP contribution is 1.39. The van der Waals surface area contributed by atoms with Gasteiger partial charge in [0.2, 0.25) is 0 Å². The zero-order chi connectivity index (χ0) is 17.4. The van der Waals surface area contributed by atoms with Crippen LogP contribution in [0.2, 0.25) is 0 Å². The van der Waals surface area contributed by atoms with E-state index in [2.05, 4.69) is 92.1 Å². The molecule has 0 aromatic carbocycles. The lowest BCUT2D eigenvalue weighted by Gasteiger charge is -1.70. The lowest BCUT2D eigenvalue weighted by molar-refractivity contribution is 0.186. The molecule has 18 heavy (non-hydrogen) atoms. The minimum Gasteiger partial charge on any atom is -0.394 e. The molecule has 110 valence electrons. The first-order chi connectivity index (χ1) is 8.91. The molecule has 0 aliphatic heterocycles. The van der Waals surface area contributed by atoms with Gasteiger partial charge in [0.15, 0.2) is 0 Å². The molecule has 2 N–H and O–H groups in total. The number of aliphatic hydroxyl groups excluding tert-OH is 2. The van der Waals surface area contributed by atoms with Gasteiger partial charge < -0.3 is 10.2 Å². The van der Waals surface area contributed by atoms with Crippen LogP contribution in [0, 0.1) is 0 Å². The molecule has 0 aromatic rings. The summed E-state index contributed by atoms with van der Waals surface area (Å²) >= 11 is 0. The van der Waals surface area contributed by atoms with Crippen LogP contribution in [-0.2, 0) is 0 Å². The average molecular weight is 258 g/mol. The molecule has 0 amide bonds. The van der Waals surface area contributed by atoms with E-state index in [-0.39, 0.29) is 13.2 Å². The van der Waals surface area contributed by atoms with E-state index in [0.29, 0.717) is 0 Å². The fourth-order valence-electron chi connectivity index (χ4n) is 0. The summed E-state index contributed by atoms with van der Waals surface area (Å²) in [5.74, 6) is 0. The van der Waals surface area contributed by atoms with Crippen molar-refractivity contribution < 1.29 is 10.2 Å². The third-order valence-corrected chi connectivity index (χ3v) is 0.1000. The van der Waals surface area contributed by atoms with Crippen molar-refractivity contribution in [1.29, 1.82) is 0 Å². The highest BCUT2D eigenvalue weighted by atomic mass is 16.3. The van der Waals surface area contributed by atoms with Crippen LogP contribution in [0.4, 0.5) is 0 Å². The second-order valence-corrected chi connectivity index (χ2v) is 0.447. The molecule has 0 aliphatic carbocycles. The summed E-state index contributed by atoms with van der Waals surface area (Å²) in [7, 11) is 0. The van der Waals surface area contributed by atoms with E-state index in [1.807, 2.05) is 0 Å². The quantitative estimate of drug-likeness (QED) is 0.675. The zero-order valence-electron chi connectivity index (χ0n) is 12.2. The molecule has 2 heteroatoms. The molecule has 0 radical (unpaired) electrons. The van der Waals surface area contributed by atoms with Gasteiger partial charge in [-0.2, -0.15) is 0 Å². The third-order valence-electron chi connectivity index (χ3n) is 0.1000. The number of hydrogen-bond donors (Lipinski definition) is 2. The van der Waals surface area contributed by atoms with Crippen molar-refractivity contribution >= 4 is 0 Å². The van der Waals surface area contributed by atoms with E-state index in [0.717, 1.165) is 0 Å². The van der Waals surface area contributed by atoms with Gasteiger partial charge in [0, 0.05) is 0 Å². The molecule has 0 fully saturated rings. The molecule has 0 unspecified atom stereocenters. The maximum Gasteiger partial charge on any atom is 0.0662 e. The van der Waals surface area contributed by atoms with Crippen molar-refractivity contribution in [1.82, 2.24) is 0 Å². The Bertz CT molecular complexity index is 44.5. The molecule has 0 aliphatic rings. The van der Waals surface area contributed by atoms with Crippen LogP contribution in [-0.4, -0.2) is 23.4 Å². The summed E-state index contributed by atoms with van der Waals surface area (Å²) in [6, 6.07) is 0. The molecule has 0 saturated heterocycles. The van der Waals surface area contributed by atoms with Crippen molar-refractivity contribution in [3.63, 3.8) is 0 Å². The Morgan fingerprint density at radius 2 is 0.389 bits per heavy atom. The monoisotopic (exact) mass is 258 g/mol. The highest BCUT2D eigenvalue weighted by molar-refractivity contribution is 4.23. The predicted octanol–water partition coefficient (Wildman–Crippen LogP) is 4.59. The molecule has 0 heterocycles. The van der Waals surface area contributed by atoms with E-state index >= 15 is 0 Å². The van der Waals surface area contributed by atoms with Crippen molar-refractivity contribution in [3.05, 3.63) is 92.1 Å². The Labute approximate surface area is 116 Å². The minimum absolute atomic E-state index is 0.125. The van der Waals surface area contributed by atoms with Crippen molar-refractivity contribution in [2.24, 2.45) is 0 Å². The molecular formula is C16H34O2. The van der Waals surface area contributed by atoms with Gasteiger partial charge >= 0.3 is 0 Å². The molecule has 0 saturated carbocycles. The van der Waals surface area contributed by atoms with Crippen LogP contribution in [0.25, 0.3) is 0 Å². The second kappa shape index (κ2) is 300000. The summed E-state index contributed by atoms with van der Waals surface area (Å²) in [6.45, 7) is 41.8. The maximum absolute atomic E-state index is 7.62. The average Bonchev–Trinajstić information content (AvgIpc) is 2.60. The Morgan fingerprint density at radius 3 is 0.389 bits per heavy atom. The molecule has 0 aromatic heterocycles. The van der Waals surface area contributed by atoms with Crippen LogP contribution in [0.1, 0.15) is 0 Å². The molecular weight excluding hydrogens is 224 g/mol. The van der Waals surface area contributed by atoms with Crippen LogP contribution < -0.4 is 0 Å². The van der Waals surface area contributed by atoms with Gasteiger partial charge in [-0.25, -0.2) is 0 Å². The zero-order valence-corrected chi connectivity index (χ0v) is 12.2. The van der Waals surface area contributed by atoms with Crippen molar-refractivity contribution in [2.45, 2.75) is 0 Å². The first-order valence-electron chi connectivity index (χ1n) is 4.63. The smallest absolute Gasteiger partial charge is 0.0662 e. The van der Waals surface area contributed by atoms with Crippen LogP contribution in [0.15, 0.2) is 92.1 Å². The van der Waals surface area contributed by atoms with Crippen LogP contribution in [0.5, 0.6) is 0 Å². The highest BCUT2D eigenvalue weighted by Gasteiger charge is 1.58. The molecule has 0 rings (SSSR count). The van der Waals surface area contributed by atoms with Crippen molar-refractivity contribution in [3.8, 4) is 0 Å². The van der Waals surface area contributed by atoms with E-state index in [9.17, 15) is 0 Å². The number of rotatable bonds is 1. The van der Waals surface area contributed by atoms with Gasteiger partial charge in [-0.05, 0) is 0 Å². The van der Waals surface area contributed by atoms with E-state index in [1.54, 1.807) is 0 Å².